The Morgan fingerprint density at radius 1 is 1.32 bits per heavy atom. The van der Waals surface area contributed by atoms with Crippen molar-refractivity contribution in [2.75, 3.05) is 5.32 Å². The van der Waals surface area contributed by atoms with Gasteiger partial charge in [0.25, 0.3) is 0 Å². The van der Waals surface area contributed by atoms with Gasteiger partial charge in [-0.25, -0.2) is 9.48 Å². The van der Waals surface area contributed by atoms with Crippen molar-refractivity contribution in [1.29, 1.82) is 0 Å². The van der Waals surface area contributed by atoms with E-state index in [0.29, 0.717) is 23.7 Å². The van der Waals surface area contributed by atoms with Gasteiger partial charge in [-0.1, -0.05) is 32.4 Å². The standard InChI is InChI=1S/C16H19N3O3/c1-3-11(2)10-15(20)17-12-6-4-5-7-14(12)19-9-8-13(18-19)16(21)22/h4-9,11H,3,10H2,1-2H3,(H,17,20)(H,21,22). The maximum absolute atomic E-state index is 12.0. The van der Waals surface area contributed by atoms with Crippen LogP contribution in [-0.4, -0.2) is 26.8 Å². The third-order valence-corrected chi connectivity index (χ3v) is 3.46. The molecule has 2 N–H and O–H groups in total. The smallest absolute Gasteiger partial charge is 0.356 e. The summed E-state index contributed by atoms with van der Waals surface area (Å²) in [4.78, 5) is 23.0. The lowest BCUT2D eigenvalue weighted by Crippen LogP contribution is -2.16. The van der Waals surface area contributed by atoms with E-state index in [9.17, 15) is 9.59 Å². The molecule has 0 radical (unpaired) electrons. The van der Waals surface area contributed by atoms with Crippen LogP contribution in [0.1, 0.15) is 37.2 Å². The van der Waals surface area contributed by atoms with Crippen molar-refractivity contribution in [2.45, 2.75) is 26.7 Å². The Morgan fingerprint density at radius 2 is 2.05 bits per heavy atom. The van der Waals surface area contributed by atoms with E-state index in [1.165, 1.54) is 10.7 Å². The monoisotopic (exact) mass is 301 g/mol. The summed E-state index contributed by atoms with van der Waals surface area (Å²) < 4.78 is 1.45. The van der Waals surface area contributed by atoms with Gasteiger partial charge in [-0.15, -0.1) is 0 Å². The lowest BCUT2D eigenvalue weighted by atomic mass is 10.0. The van der Waals surface area contributed by atoms with Crippen LogP contribution in [-0.2, 0) is 4.79 Å². The van der Waals surface area contributed by atoms with E-state index < -0.39 is 5.97 Å². The van der Waals surface area contributed by atoms with Gasteiger partial charge in [0.1, 0.15) is 0 Å². The average molecular weight is 301 g/mol. The van der Waals surface area contributed by atoms with Crippen LogP contribution in [0.4, 0.5) is 5.69 Å². The van der Waals surface area contributed by atoms with Gasteiger partial charge in [-0.2, -0.15) is 5.10 Å². The predicted molar refractivity (Wildman–Crippen MR) is 83.2 cm³/mol. The number of carboxylic acid groups (broad SMARTS) is 1. The van der Waals surface area contributed by atoms with Crippen LogP contribution in [0.5, 0.6) is 0 Å². The second-order valence-corrected chi connectivity index (χ2v) is 5.23. The number of carbonyl (C=O) groups excluding carboxylic acids is 1. The number of amides is 1. The highest BCUT2D eigenvalue weighted by molar-refractivity contribution is 5.93. The van der Waals surface area contributed by atoms with Gasteiger partial charge in [0.2, 0.25) is 5.91 Å². The quantitative estimate of drug-likeness (QED) is 0.859. The Bertz CT molecular complexity index is 679. The molecule has 0 aliphatic heterocycles. The Morgan fingerprint density at radius 3 is 2.68 bits per heavy atom. The van der Waals surface area contributed by atoms with Gasteiger partial charge < -0.3 is 10.4 Å². The molecule has 1 unspecified atom stereocenters. The van der Waals surface area contributed by atoms with E-state index in [-0.39, 0.29) is 11.6 Å². The second kappa shape index (κ2) is 6.89. The van der Waals surface area contributed by atoms with Crippen LogP contribution in [0.15, 0.2) is 36.5 Å². The highest BCUT2D eigenvalue weighted by Crippen LogP contribution is 2.20. The van der Waals surface area contributed by atoms with Crippen molar-refractivity contribution in [3.63, 3.8) is 0 Å². The maximum atomic E-state index is 12.0. The van der Waals surface area contributed by atoms with Crippen LogP contribution >= 0.6 is 0 Å². The molecule has 2 rings (SSSR count). The summed E-state index contributed by atoms with van der Waals surface area (Å²) in [6, 6.07) is 8.58. The molecule has 116 valence electrons. The summed E-state index contributed by atoms with van der Waals surface area (Å²) >= 11 is 0. The molecule has 1 aromatic carbocycles. The van der Waals surface area contributed by atoms with Crippen LogP contribution in [0, 0.1) is 5.92 Å². The minimum absolute atomic E-state index is 0.0410. The Balaban J connectivity index is 2.22. The number of anilines is 1. The van der Waals surface area contributed by atoms with Gasteiger partial charge in [0.15, 0.2) is 5.69 Å². The third kappa shape index (κ3) is 3.72. The first-order chi connectivity index (χ1) is 10.5. The fraction of sp³-hybridized carbons (Fsp3) is 0.312. The van der Waals surface area contributed by atoms with E-state index in [2.05, 4.69) is 10.4 Å². The first-order valence-corrected chi connectivity index (χ1v) is 7.19. The molecule has 6 heteroatoms. The predicted octanol–water partition coefficient (Wildman–Crippen LogP) is 2.95. The Kier molecular flexibility index (Phi) is 4.93. The van der Waals surface area contributed by atoms with E-state index in [1.807, 2.05) is 26.0 Å². The molecule has 1 amide bonds. The van der Waals surface area contributed by atoms with Gasteiger partial charge in [-0.3, -0.25) is 4.79 Å². The number of hydrogen-bond donors (Lipinski definition) is 2. The molecular formula is C16H19N3O3. The van der Waals surface area contributed by atoms with Crippen LogP contribution < -0.4 is 5.32 Å². The van der Waals surface area contributed by atoms with Crippen molar-refractivity contribution in [3.05, 3.63) is 42.2 Å². The minimum atomic E-state index is -1.09. The zero-order chi connectivity index (χ0) is 16.1. The summed E-state index contributed by atoms with van der Waals surface area (Å²) in [5.74, 6) is -0.833. The molecule has 0 bridgehead atoms. The fourth-order valence-electron chi connectivity index (χ4n) is 2.01. The Hall–Kier alpha value is -2.63. The molecule has 22 heavy (non-hydrogen) atoms. The highest BCUT2D eigenvalue weighted by atomic mass is 16.4. The molecule has 2 aromatic rings. The van der Waals surface area contributed by atoms with Crippen LogP contribution in [0.2, 0.25) is 0 Å². The molecule has 0 saturated carbocycles. The number of rotatable bonds is 6. The van der Waals surface area contributed by atoms with E-state index in [1.54, 1.807) is 18.3 Å². The van der Waals surface area contributed by atoms with Gasteiger partial charge in [0, 0.05) is 12.6 Å². The number of hydrogen-bond acceptors (Lipinski definition) is 3. The number of aromatic nitrogens is 2. The Labute approximate surface area is 128 Å². The molecule has 0 saturated heterocycles. The van der Waals surface area contributed by atoms with Crippen molar-refractivity contribution in [1.82, 2.24) is 9.78 Å². The highest BCUT2D eigenvalue weighted by Gasteiger charge is 2.13. The number of benzene rings is 1. The summed E-state index contributed by atoms with van der Waals surface area (Å²) in [7, 11) is 0. The lowest BCUT2D eigenvalue weighted by Gasteiger charge is -2.12. The SMILES string of the molecule is CCC(C)CC(=O)Nc1ccccc1-n1ccc(C(=O)O)n1. The molecule has 0 aliphatic carbocycles. The second-order valence-electron chi connectivity index (χ2n) is 5.23. The van der Waals surface area contributed by atoms with Crippen LogP contribution in [0.3, 0.4) is 0 Å². The molecule has 0 aliphatic rings. The number of carboxylic acids is 1. The summed E-state index contributed by atoms with van der Waals surface area (Å²) in [5.41, 5.74) is 1.20. The number of para-hydroxylation sites is 2. The maximum Gasteiger partial charge on any atom is 0.356 e. The normalized spacial score (nSPS) is 11.9. The average Bonchev–Trinajstić information content (AvgIpc) is 2.97. The molecule has 1 heterocycles. The van der Waals surface area contributed by atoms with Gasteiger partial charge in [0.05, 0.1) is 11.4 Å². The lowest BCUT2D eigenvalue weighted by molar-refractivity contribution is -0.117. The third-order valence-electron chi connectivity index (χ3n) is 3.46. The van der Waals surface area contributed by atoms with Crippen molar-refractivity contribution in [2.24, 2.45) is 5.92 Å². The molecule has 6 nitrogen and oxygen atoms in total. The minimum Gasteiger partial charge on any atom is -0.476 e. The zero-order valence-corrected chi connectivity index (χ0v) is 12.6. The number of carbonyl (C=O) groups is 2. The van der Waals surface area contributed by atoms with Crippen molar-refractivity contribution >= 4 is 17.6 Å². The number of nitrogens with one attached hydrogen (secondary N) is 1. The van der Waals surface area contributed by atoms with E-state index >= 15 is 0 Å². The first-order valence-electron chi connectivity index (χ1n) is 7.19. The molecular weight excluding hydrogens is 282 g/mol. The van der Waals surface area contributed by atoms with Crippen molar-refractivity contribution < 1.29 is 14.7 Å². The van der Waals surface area contributed by atoms with Crippen LogP contribution in [0.25, 0.3) is 5.69 Å². The molecule has 1 atom stereocenters. The van der Waals surface area contributed by atoms with E-state index in [0.717, 1.165) is 6.42 Å². The summed E-state index contributed by atoms with van der Waals surface area (Å²) in [5, 5.41) is 15.8. The van der Waals surface area contributed by atoms with E-state index in [4.69, 9.17) is 5.11 Å². The molecule has 0 fully saturated rings. The number of aromatic carboxylic acids is 1. The first kappa shape index (κ1) is 15.8. The van der Waals surface area contributed by atoms with Crippen molar-refractivity contribution in [3.8, 4) is 5.69 Å². The topological polar surface area (TPSA) is 84.2 Å². The van der Waals surface area contributed by atoms with Gasteiger partial charge in [-0.05, 0) is 24.1 Å². The zero-order valence-electron chi connectivity index (χ0n) is 12.6. The van der Waals surface area contributed by atoms with Gasteiger partial charge >= 0.3 is 5.97 Å². The summed E-state index contributed by atoms with van der Waals surface area (Å²) in [6.45, 7) is 4.07. The largest absolute Gasteiger partial charge is 0.476 e. The fourth-order valence-corrected chi connectivity index (χ4v) is 2.01. The summed E-state index contributed by atoms with van der Waals surface area (Å²) in [6.07, 6.45) is 2.95. The molecule has 0 spiro atoms. The number of nitrogens with zero attached hydrogens (tertiary/aromatic N) is 2. The molecule has 1 aromatic heterocycles.